The van der Waals surface area contributed by atoms with Crippen LogP contribution in [0.25, 0.3) is 11.1 Å². The van der Waals surface area contributed by atoms with Gasteiger partial charge in [0.25, 0.3) is 0 Å². The van der Waals surface area contributed by atoms with Crippen molar-refractivity contribution in [2.24, 2.45) is 17.4 Å². The van der Waals surface area contributed by atoms with Crippen LogP contribution in [-0.4, -0.2) is 41.3 Å². The average molecular weight is 480 g/mol. The molecule has 188 valence electrons. The highest BCUT2D eigenvalue weighted by Gasteiger charge is 2.29. The highest BCUT2D eigenvalue weighted by molar-refractivity contribution is 5.77. The lowest BCUT2D eigenvalue weighted by Crippen LogP contribution is -2.37. The second kappa shape index (κ2) is 11.7. The van der Waals surface area contributed by atoms with Crippen molar-refractivity contribution in [3.8, 4) is 22.6 Å². The Bertz CT molecular complexity index is 1070. The third-order valence-corrected chi connectivity index (χ3v) is 6.18. The minimum absolute atomic E-state index is 0.511. The smallest absolute Gasteiger partial charge is 0.347 e. The lowest BCUT2D eigenvalue weighted by atomic mass is 9.94. The van der Waals surface area contributed by atoms with Crippen molar-refractivity contribution in [3.63, 3.8) is 0 Å². The molecular formula is C28H37N3O4. The predicted octanol–water partition coefficient (Wildman–Crippen LogP) is 4.74. The van der Waals surface area contributed by atoms with Crippen LogP contribution in [0.1, 0.15) is 40.0 Å². The Hall–Kier alpha value is -3.61. The molecule has 1 aliphatic rings. The molecule has 0 unspecified atom stereocenters. The maximum Gasteiger partial charge on any atom is 0.347 e. The number of nitrogens with two attached hydrogens (primary N) is 2. The molecule has 1 heterocycles. The fourth-order valence-electron chi connectivity index (χ4n) is 3.99. The number of piperidine rings is 1. The lowest BCUT2D eigenvalue weighted by Gasteiger charge is -2.33. The van der Waals surface area contributed by atoms with Crippen molar-refractivity contribution in [3.05, 3.63) is 72.2 Å². The van der Waals surface area contributed by atoms with Crippen molar-refractivity contribution in [1.82, 2.24) is 4.90 Å². The molecule has 0 amide bonds. The van der Waals surface area contributed by atoms with Gasteiger partial charge in [-0.15, -0.1) is 0 Å². The molecular weight excluding hydrogens is 442 g/mol. The van der Waals surface area contributed by atoms with Crippen LogP contribution in [0.3, 0.4) is 0 Å². The van der Waals surface area contributed by atoms with Crippen LogP contribution in [0.2, 0.25) is 0 Å². The molecule has 0 radical (unpaired) electrons. The summed E-state index contributed by atoms with van der Waals surface area (Å²) in [6.07, 6.45) is 6.88. The summed E-state index contributed by atoms with van der Waals surface area (Å²) in [5.41, 5.74) is 13.2. The SMILES string of the molecule is CC(N)=CC=C(N)N1CCC(CCOc2cccc(-c3cccc(OC(C)(C)C(=O)O)c3)c2)CC1. The number of carbonyl (C=O) groups is 1. The Kier molecular flexibility index (Phi) is 8.68. The van der Waals surface area contributed by atoms with Gasteiger partial charge in [-0.25, -0.2) is 4.79 Å². The van der Waals surface area contributed by atoms with E-state index >= 15 is 0 Å². The molecule has 2 aromatic rings. The monoisotopic (exact) mass is 479 g/mol. The number of benzene rings is 2. The lowest BCUT2D eigenvalue weighted by molar-refractivity contribution is -0.152. The van der Waals surface area contributed by atoms with Crippen LogP contribution in [-0.2, 0) is 4.79 Å². The van der Waals surface area contributed by atoms with Gasteiger partial charge in [-0.3, -0.25) is 0 Å². The summed E-state index contributed by atoms with van der Waals surface area (Å²) in [4.78, 5) is 13.6. The number of nitrogens with zero attached hydrogens (tertiary/aromatic N) is 1. The Morgan fingerprint density at radius 1 is 1.06 bits per heavy atom. The second-order valence-electron chi connectivity index (χ2n) is 9.54. The van der Waals surface area contributed by atoms with E-state index in [1.54, 1.807) is 6.07 Å². The van der Waals surface area contributed by atoms with Gasteiger partial charge in [-0.05, 0) is 93.5 Å². The highest BCUT2D eigenvalue weighted by atomic mass is 16.5. The Balaban J connectivity index is 1.52. The minimum atomic E-state index is -1.30. The van der Waals surface area contributed by atoms with Gasteiger partial charge >= 0.3 is 5.97 Å². The van der Waals surface area contributed by atoms with E-state index in [0.29, 0.717) is 18.3 Å². The van der Waals surface area contributed by atoms with Crippen molar-refractivity contribution in [2.45, 2.75) is 45.6 Å². The largest absolute Gasteiger partial charge is 0.494 e. The maximum absolute atomic E-state index is 11.4. The van der Waals surface area contributed by atoms with Crippen molar-refractivity contribution in [2.75, 3.05) is 19.7 Å². The standard InChI is InChI=1S/C28H37N3O4/c1-20(29)10-11-26(30)31-15-12-21(13-16-31)14-17-34-24-8-4-6-22(18-24)23-7-5-9-25(19-23)35-28(2,3)27(32)33/h4-11,18-19,21H,12-17,29-30H2,1-3H3,(H,32,33). The molecule has 1 saturated heterocycles. The van der Waals surface area contributed by atoms with Gasteiger partial charge in [0.15, 0.2) is 5.60 Å². The first kappa shape index (κ1) is 26.0. The molecule has 0 saturated carbocycles. The molecule has 3 rings (SSSR count). The molecule has 5 N–H and O–H groups in total. The molecule has 0 bridgehead atoms. The second-order valence-corrected chi connectivity index (χ2v) is 9.54. The molecule has 0 spiro atoms. The van der Waals surface area contributed by atoms with Crippen molar-refractivity contribution >= 4 is 5.97 Å². The van der Waals surface area contributed by atoms with Gasteiger partial charge in [-0.1, -0.05) is 24.3 Å². The zero-order valence-corrected chi connectivity index (χ0v) is 20.9. The number of likely N-dealkylation sites (tertiary alicyclic amines) is 1. The fourth-order valence-corrected chi connectivity index (χ4v) is 3.99. The van der Waals surface area contributed by atoms with Gasteiger partial charge < -0.3 is 30.9 Å². The molecule has 7 nitrogen and oxygen atoms in total. The Morgan fingerprint density at radius 3 is 2.26 bits per heavy atom. The van der Waals surface area contributed by atoms with Gasteiger partial charge in [0.2, 0.25) is 0 Å². The van der Waals surface area contributed by atoms with E-state index in [0.717, 1.165) is 60.7 Å². The summed E-state index contributed by atoms with van der Waals surface area (Å²) in [7, 11) is 0. The summed E-state index contributed by atoms with van der Waals surface area (Å²) < 4.78 is 11.8. The van der Waals surface area contributed by atoms with E-state index in [-0.39, 0.29) is 0 Å². The topological polar surface area (TPSA) is 111 Å². The molecule has 0 atom stereocenters. The van der Waals surface area contributed by atoms with Crippen LogP contribution in [0.5, 0.6) is 11.5 Å². The normalized spacial score (nSPS) is 15.7. The van der Waals surface area contributed by atoms with Gasteiger partial charge in [-0.2, -0.15) is 0 Å². The predicted molar refractivity (Wildman–Crippen MR) is 139 cm³/mol. The van der Waals surface area contributed by atoms with E-state index in [1.165, 1.54) is 13.8 Å². The molecule has 1 aliphatic heterocycles. The number of hydrogen-bond donors (Lipinski definition) is 3. The molecule has 7 heteroatoms. The third-order valence-electron chi connectivity index (χ3n) is 6.18. The average Bonchev–Trinajstić information content (AvgIpc) is 2.83. The zero-order chi connectivity index (χ0) is 25.4. The van der Waals surface area contributed by atoms with E-state index in [4.69, 9.17) is 20.9 Å². The van der Waals surface area contributed by atoms with Crippen LogP contribution in [0.4, 0.5) is 0 Å². The Labute approximate surface area is 208 Å². The molecule has 0 aliphatic carbocycles. The number of hydrogen-bond acceptors (Lipinski definition) is 6. The van der Waals surface area contributed by atoms with Crippen LogP contribution < -0.4 is 20.9 Å². The van der Waals surface area contributed by atoms with Crippen molar-refractivity contribution < 1.29 is 19.4 Å². The highest BCUT2D eigenvalue weighted by Crippen LogP contribution is 2.29. The number of rotatable bonds is 10. The number of carboxylic acids is 1. The number of aliphatic carboxylic acids is 1. The number of carboxylic acid groups (broad SMARTS) is 1. The summed E-state index contributed by atoms with van der Waals surface area (Å²) in [5, 5.41) is 9.32. The van der Waals surface area contributed by atoms with E-state index in [9.17, 15) is 9.90 Å². The summed E-state index contributed by atoms with van der Waals surface area (Å²) in [5.74, 6) is 1.69. The van der Waals surface area contributed by atoms with Crippen LogP contribution in [0.15, 0.2) is 72.2 Å². The molecule has 2 aromatic carbocycles. The molecule has 1 fully saturated rings. The van der Waals surface area contributed by atoms with Gasteiger partial charge in [0.1, 0.15) is 11.5 Å². The zero-order valence-electron chi connectivity index (χ0n) is 20.9. The van der Waals surface area contributed by atoms with Gasteiger partial charge in [0.05, 0.1) is 12.4 Å². The van der Waals surface area contributed by atoms with Crippen LogP contribution >= 0.6 is 0 Å². The van der Waals surface area contributed by atoms with Gasteiger partial charge in [0, 0.05) is 18.8 Å². The summed E-state index contributed by atoms with van der Waals surface area (Å²) in [6, 6.07) is 15.4. The Morgan fingerprint density at radius 2 is 1.66 bits per heavy atom. The van der Waals surface area contributed by atoms with Crippen LogP contribution in [0, 0.1) is 5.92 Å². The fraction of sp³-hybridized carbons (Fsp3) is 0.393. The first-order valence-corrected chi connectivity index (χ1v) is 12.0. The number of allylic oxidation sites excluding steroid dienone is 3. The summed E-state index contributed by atoms with van der Waals surface area (Å²) in [6.45, 7) is 7.46. The summed E-state index contributed by atoms with van der Waals surface area (Å²) >= 11 is 0. The van der Waals surface area contributed by atoms with E-state index < -0.39 is 11.6 Å². The third kappa shape index (κ3) is 7.70. The van der Waals surface area contributed by atoms with E-state index in [2.05, 4.69) is 4.90 Å². The quantitative estimate of drug-likeness (QED) is 0.422. The maximum atomic E-state index is 11.4. The number of ether oxygens (including phenoxy) is 2. The molecule has 0 aromatic heterocycles. The minimum Gasteiger partial charge on any atom is -0.494 e. The van der Waals surface area contributed by atoms with E-state index in [1.807, 2.05) is 61.5 Å². The molecule has 35 heavy (non-hydrogen) atoms. The first-order chi connectivity index (χ1) is 16.6. The first-order valence-electron chi connectivity index (χ1n) is 12.0. The van der Waals surface area contributed by atoms with Crippen molar-refractivity contribution in [1.29, 1.82) is 0 Å².